The summed E-state index contributed by atoms with van der Waals surface area (Å²) in [6, 6.07) is 0.506. The minimum atomic E-state index is 0.300. The molecular formula is C14H25NO. The monoisotopic (exact) mass is 223 g/mol. The second kappa shape index (κ2) is 5.83. The molecule has 16 heavy (non-hydrogen) atoms. The van der Waals surface area contributed by atoms with Crippen molar-refractivity contribution in [2.45, 2.75) is 45.1 Å². The van der Waals surface area contributed by atoms with Crippen LogP contribution < -0.4 is 5.32 Å². The quantitative estimate of drug-likeness (QED) is 0.717. The van der Waals surface area contributed by atoms with Crippen molar-refractivity contribution in [3.8, 4) is 0 Å². The number of nitrogens with one attached hydrogen (secondary N) is 1. The lowest BCUT2D eigenvalue weighted by Crippen LogP contribution is -2.35. The molecule has 2 N–H and O–H groups in total. The van der Waals surface area contributed by atoms with E-state index in [1.807, 2.05) is 0 Å². The van der Waals surface area contributed by atoms with Gasteiger partial charge in [0, 0.05) is 18.6 Å². The fraction of sp³-hybridized carbons (Fsp3) is 0.857. The van der Waals surface area contributed by atoms with Gasteiger partial charge in [-0.1, -0.05) is 38.3 Å². The van der Waals surface area contributed by atoms with Crippen LogP contribution >= 0.6 is 0 Å². The lowest BCUT2D eigenvalue weighted by Gasteiger charge is -2.30. The van der Waals surface area contributed by atoms with Gasteiger partial charge < -0.3 is 10.4 Å². The summed E-state index contributed by atoms with van der Waals surface area (Å²) in [6.07, 6.45) is 11.1. The van der Waals surface area contributed by atoms with Crippen LogP contribution in [0.2, 0.25) is 0 Å². The van der Waals surface area contributed by atoms with E-state index in [-0.39, 0.29) is 0 Å². The van der Waals surface area contributed by atoms with Crippen LogP contribution in [0.5, 0.6) is 0 Å². The van der Waals surface area contributed by atoms with Crippen LogP contribution in [0.15, 0.2) is 12.2 Å². The van der Waals surface area contributed by atoms with Gasteiger partial charge in [0.1, 0.15) is 0 Å². The molecule has 0 aliphatic heterocycles. The summed E-state index contributed by atoms with van der Waals surface area (Å²) < 4.78 is 0. The minimum absolute atomic E-state index is 0.300. The molecule has 0 spiro atoms. The van der Waals surface area contributed by atoms with E-state index in [1.165, 1.54) is 25.7 Å². The molecule has 0 aromatic carbocycles. The smallest absolute Gasteiger partial charge is 0.0494 e. The van der Waals surface area contributed by atoms with E-state index < -0.39 is 0 Å². The lowest BCUT2D eigenvalue weighted by molar-refractivity contribution is 0.230. The Bertz CT molecular complexity index is 239. The van der Waals surface area contributed by atoms with Gasteiger partial charge in [0.2, 0.25) is 0 Å². The zero-order valence-corrected chi connectivity index (χ0v) is 10.4. The van der Waals surface area contributed by atoms with Crippen LogP contribution in [0.4, 0.5) is 0 Å². The molecule has 0 saturated heterocycles. The molecule has 1 saturated carbocycles. The van der Waals surface area contributed by atoms with Crippen LogP contribution in [0.1, 0.15) is 39.0 Å². The van der Waals surface area contributed by atoms with Crippen molar-refractivity contribution >= 4 is 0 Å². The van der Waals surface area contributed by atoms with Crippen molar-refractivity contribution < 1.29 is 5.11 Å². The summed E-state index contributed by atoms with van der Waals surface area (Å²) in [5, 5.41) is 12.7. The highest BCUT2D eigenvalue weighted by Gasteiger charge is 2.23. The molecule has 0 aromatic heterocycles. The molecule has 2 heteroatoms. The molecule has 4 atom stereocenters. The van der Waals surface area contributed by atoms with Crippen molar-refractivity contribution in [1.82, 2.24) is 5.32 Å². The zero-order valence-electron chi connectivity index (χ0n) is 10.4. The molecule has 0 radical (unpaired) electrons. The molecule has 2 aliphatic rings. The Balaban J connectivity index is 1.69. The summed E-state index contributed by atoms with van der Waals surface area (Å²) in [7, 11) is 0. The maximum atomic E-state index is 9.06. The van der Waals surface area contributed by atoms with Crippen LogP contribution in [0, 0.1) is 17.8 Å². The van der Waals surface area contributed by atoms with Gasteiger partial charge in [-0.25, -0.2) is 0 Å². The van der Waals surface area contributed by atoms with Crippen molar-refractivity contribution in [2.24, 2.45) is 17.8 Å². The molecule has 0 bridgehead atoms. The number of aliphatic hydroxyl groups excluding tert-OH is 1. The van der Waals surface area contributed by atoms with Gasteiger partial charge in [0.05, 0.1) is 0 Å². The van der Waals surface area contributed by atoms with Gasteiger partial charge in [0.25, 0.3) is 0 Å². The van der Waals surface area contributed by atoms with Gasteiger partial charge in [-0.2, -0.15) is 0 Å². The Labute approximate surface area is 99.1 Å². The number of hydrogen-bond donors (Lipinski definition) is 2. The van der Waals surface area contributed by atoms with Crippen LogP contribution in [-0.4, -0.2) is 24.3 Å². The minimum Gasteiger partial charge on any atom is -0.396 e. The van der Waals surface area contributed by atoms with E-state index in [9.17, 15) is 0 Å². The summed E-state index contributed by atoms with van der Waals surface area (Å²) in [5.41, 5.74) is 0. The Morgan fingerprint density at radius 2 is 2.06 bits per heavy atom. The van der Waals surface area contributed by atoms with E-state index in [2.05, 4.69) is 24.4 Å². The summed E-state index contributed by atoms with van der Waals surface area (Å²) in [6.45, 7) is 3.86. The second-order valence-electron chi connectivity index (χ2n) is 5.60. The predicted octanol–water partition coefficient (Wildman–Crippen LogP) is 2.34. The normalized spacial score (nSPS) is 39.1. The van der Waals surface area contributed by atoms with Crippen molar-refractivity contribution in [3.63, 3.8) is 0 Å². The topological polar surface area (TPSA) is 32.3 Å². The molecule has 0 aromatic rings. The third kappa shape index (κ3) is 3.08. The highest BCUT2D eigenvalue weighted by Crippen LogP contribution is 2.29. The summed E-state index contributed by atoms with van der Waals surface area (Å²) >= 11 is 0. The molecule has 1 fully saturated rings. The number of rotatable bonds is 4. The average Bonchev–Trinajstić information content (AvgIpc) is 2.76. The first-order valence-electron chi connectivity index (χ1n) is 6.82. The highest BCUT2D eigenvalue weighted by molar-refractivity contribution is 5.05. The van der Waals surface area contributed by atoms with Crippen molar-refractivity contribution in [3.05, 3.63) is 12.2 Å². The molecule has 2 nitrogen and oxygen atoms in total. The van der Waals surface area contributed by atoms with Crippen LogP contribution in [-0.2, 0) is 0 Å². The predicted molar refractivity (Wildman–Crippen MR) is 67.2 cm³/mol. The van der Waals surface area contributed by atoms with E-state index in [0.717, 1.165) is 24.8 Å². The molecule has 92 valence electrons. The van der Waals surface area contributed by atoms with E-state index in [4.69, 9.17) is 5.11 Å². The van der Waals surface area contributed by atoms with Crippen molar-refractivity contribution in [1.29, 1.82) is 0 Å². The first-order chi connectivity index (χ1) is 7.79. The largest absolute Gasteiger partial charge is 0.396 e. The summed E-state index contributed by atoms with van der Waals surface area (Å²) in [4.78, 5) is 0. The Morgan fingerprint density at radius 3 is 2.75 bits per heavy atom. The molecule has 2 aliphatic carbocycles. The van der Waals surface area contributed by atoms with Gasteiger partial charge in [-0.15, -0.1) is 0 Å². The zero-order chi connectivity index (χ0) is 11.4. The second-order valence-corrected chi connectivity index (χ2v) is 5.60. The van der Waals surface area contributed by atoms with Crippen LogP contribution in [0.3, 0.4) is 0 Å². The summed E-state index contributed by atoms with van der Waals surface area (Å²) in [5.74, 6) is 2.15. The van der Waals surface area contributed by atoms with Gasteiger partial charge in [0.15, 0.2) is 0 Å². The number of aliphatic hydroxyl groups is 1. The molecule has 0 heterocycles. The number of hydrogen-bond acceptors (Lipinski definition) is 2. The maximum absolute atomic E-state index is 9.06. The fourth-order valence-corrected chi connectivity index (χ4v) is 3.06. The lowest BCUT2D eigenvalue weighted by atomic mass is 9.80. The first-order valence-corrected chi connectivity index (χ1v) is 6.82. The highest BCUT2D eigenvalue weighted by atomic mass is 16.3. The van der Waals surface area contributed by atoms with Crippen molar-refractivity contribution in [2.75, 3.05) is 13.2 Å². The maximum Gasteiger partial charge on any atom is 0.0494 e. The van der Waals surface area contributed by atoms with E-state index in [1.54, 1.807) is 0 Å². The molecule has 2 unspecified atom stereocenters. The Morgan fingerprint density at radius 1 is 1.25 bits per heavy atom. The molecule has 2 rings (SSSR count). The molecule has 0 amide bonds. The average molecular weight is 223 g/mol. The Kier molecular flexibility index (Phi) is 4.42. The van der Waals surface area contributed by atoms with Gasteiger partial charge in [-0.3, -0.25) is 0 Å². The van der Waals surface area contributed by atoms with E-state index >= 15 is 0 Å². The fourth-order valence-electron chi connectivity index (χ4n) is 3.06. The van der Waals surface area contributed by atoms with Crippen LogP contribution in [0.25, 0.3) is 0 Å². The van der Waals surface area contributed by atoms with Gasteiger partial charge in [-0.05, 0) is 31.2 Å². The van der Waals surface area contributed by atoms with Gasteiger partial charge >= 0.3 is 0 Å². The first kappa shape index (κ1) is 12.1. The Hall–Kier alpha value is -0.340. The van der Waals surface area contributed by atoms with E-state index in [0.29, 0.717) is 18.6 Å². The third-order valence-electron chi connectivity index (χ3n) is 4.34. The SMILES string of the molecule is CC1CCCCC1CN[C@@H]1C=C[C@H](CO)C1. The standard InChI is InChI=1S/C14H25NO/c1-11-4-2-3-5-13(11)9-15-14-7-6-12(8-14)10-16/h6-7,11-16H,2-5,8-10H2,1H3/t11?,12-,13?,14+/m0/s1. The molecular weight excluding hydrogens is 198 g/mol. The third-order valence-corrected chi connectivity index (χ3v) is 4.34.